The largest absolute Gasteiger partial charge is 0.354 e. The highest BCUT2D eigenvalue weighted by atomic mass is 35.5. The average molecular weight is 494 g/mol. The molecule has 9 heteroatoms. The van der Waals surface area contributed by atoms with E-state index in [1.54, 1.807) is 38.1 Å². The van der Waals surface area contributed by atoms with Crippen molar-refractivity contribution in [1.29, 1.82) is 0 Å². The lowest BCUT2D eigenvalue weighted by molar-refractivity contribution is -0.139. The van der Waals surface area contributed by atoms with Crippen LogP contribution < -0.4 is 9.62 Å². The second kappa shape index (κ2) is 11.5. The van der Waals surface area contributed by atoms with Crippen LogP contribution in [0.5, 0.6) is 0 Å². The number of nitrogens with one attached hydrogen (secondary N) is 1. The van der Waals surface area contributed by atoms with Crippen molar-refractivity contribution in [2.75, 3.05) is 23.7 Å². The van der Waals surface area contributed by atoms with Gasteiger partial charge in [-0.2, -0.15) is 0 Å². The minimum atomic E-state index is -3.76. The first-order chi connectivity index (χ1) is 15.4. The molecule has 0 heterocycles. The number of aryl methyl sites for hydroxylation is 2. The standard InChI is InChI=1S/C24H32ClN3O4S/c1-6-12-26-24(30)19(4)27(15-20-8-7-9-21(25)14-20)23(29)16-28(33(5,31)32)22-13-17(2)10-11-18(22)3/h7-11,13-14,19H,6,12,15-16H2,1-5H3,(H,26,30)/t19-/m1/s1. The quantitative estimate of drug-likeness (QED) is 0.547. The van der Waals surface area contributed by atoms with E-state index in [4.69, 9.17) is 11.6 Å². The monoisotopic (exact) mass is 493 g/mol. The maximum atomic E-state index is 13.5. The molecule has 180 valence electrons. The Morgan fingerprint density at radius 1 is 1.12 bits per heavy atom. The highest BCUT2D eigenvalue weighted by Gasteiger charge is 2.30. The predicted octanol–water partition coefficient (Wildman–Crippen LogP) is 3.67. The summed E-state index contributed by atoms with van der Waals surface area (Å²) in [7, 11) is -3.76. The van der Waals surface area contributed by atoms with Crippen molar-refractivity contribution in [3.63, 3.8) is 0 Å². The molecule has 0 fully saturated rings. The number of anilines is 1. The Kier molecular flexibility index (Phi) is 9.31. The van der Waals surface area contributed by atoms with Crippen LogP contribution in [0.15, 0.2) is 42.5 Å². The molecule has 33 heavy (non-hydrogen) atoms. The fourth-order valence-electron chi connectivity index (χ4n) is 3.39. The van der Waals surface area contributed by atoms with Gasteiger partial charge in [-0.3, -0.25) is 13.9 Å². The first kappa shape index (κ1) is 26.7. The van der Waals surface area contributed by atoms with Crippen LogP contribution in [0, 0.1) is 13.8 Å². The third-order valence-electron chi connectivity index (χ3n) is 5.27. The molecular weight excluding hydrogens is 462 g/mol. The molecule has 0 bridgehead atoms. The first-order valence-corrected chi connectivity index (χ1v) is 13.0. The zero-order valence-corrected chi connectivity index (χ0v) is 21.3. The molecule has 2 aromatic carbocycles. The number of halogens is 1. The van der Waals surface area contributed by atoms with Gasteiger partial charge in [-0.05, 0) is 62.1 Å². The molecule has 7 nitrogen and oxygen atoms in total. The maximum absolute atomic E-state index is 13.5. The van der Waals surface area contributed by atoms with Crippen molar-refractivity contribution >= 4 is 39.1 Å². The van der Waals surface area contributed by atoms with Crippen LogP contribution in [0.25, 0.3) is 0 Å². The van der Waals surface area contributed by atoms with E-state index < -0.39 is 28.5 Å². The second-order valence-corrected chi connectivity index (χ2v) is 10.5. The number of hydrogen-bond donors (Lipinski definition) is 1. The number of amides is 2. The van der Waals surface area contributed by atoms with Gasteiger partial charge in [0.1, 0.15) is 12.6 Å². The van der Waals surface area contributed by atoms with Crippen molar-refractivity contribution < 1.29 is 18.0 Å². The minimum absolute atomic E-state index is 0.116. The van der Waals surface area contributed by atoms with E-state index in [9.17, 15) is 18.0 Å². The van der Waals surface area contributed by atoms with Gasteiger partial charge in [-0.15, -0.1) is 0 Å². The second-order valence-electron chi connectivity index (χ2n) is 8.18. The first-order valence-electron chi connectivity index (χ1n) is 10.8. The Morgan fingerprint density at radius 3 is 2.42 bits per heavy atom. The van der Waals surface area contributed by atoms with Crippen molar-refractivity contribution in [2.45, 2.75) is 46.7 Å². The Balaban J connectivity index is 2.42. The zero-order valence-electron chi connectivity index (χ0n) is 19.8. The van der Waals surface area contributed by atoms with Gasteiger partial charge in [0, 0.05) is 18.1 Å². The summed E-state index contributed by atoms with van der Waals surface area (Å²) in [6.45, 7) is 7.41. The highest BCUT2D eigenvalue weighted by Crippen LogP contribution is 2.24. The minimum Gasteiger partial charge on any atom is -0.354 e. The summed E-state index contributed by atoms with van der Waals surface area (Å²) < 4.78 is 26.4. The molecule has 0 aliphatic carbocycles. The normalized spacial score (nSPS) is 12.2. The molecule has 0 saturated heterocycles. The molecular formula is C24H32ClN3O4S. The Bertz CT molecular complexity index is 1100. The molecule has 2 aromatic rings. The third-order valence-corrected chi connectivity index (χ3v) is 6.63. The third kappa shape index (κ3) is 7.47. The summed E-state index contributed by atoms with van der Waals surface area (Å²) in [6, 6.07) is 11.6. The summed E-state index contributed by atoms with van der Waals surface area (Å²) in [5.74, 6) is -0.787. The predicted molar refractivity (Wildman–Crippen MR) is 133 cm³/mol. The van der Waals surface area contributed by atoms with E-state index in [2.05, 4.69) is 5.32 Å². The van der Waals surface area contributed by atoms with Crippen LogP contribution in [-0.2, 0) is 26.2 Å². The highest BCUT2D eigenvalue weighted by molar-refractivity contribution is 7.92. The molecule has 2 rings (SSSR count). The van der Waals surface area contributed by atoms with Gasteiger partial charge in [-0.1, -0.05) is 42.8 Å². The molecule has 0 aromatic heterocycles. The fraction of sp³-hybridized carbons (Fsp3) is 0.417. The molecule has 0 aliphatic heterocycles. The summed E-state index contributed by atoms with van der Waals surface area (Å²) in [5, 5.41) is 3.32. The van der Waals surface area contributed by atoms with E-state index in [0.717, 1.165) is 33.7 Å². The topological polar surface area (TPSA) is 86.8 Å². The van der Waals surface area contributed by atoms with Gasteiger partial charge in [0.25, 0.3) is 0 Å². The van der Waals surface area contributed by atoms with Crippen molar-refractivity contribution in [2.24, 2.45) is 0 Å². The molecule has 0 saturated carbocycles. The van der Waals surface area contributed by atoms with Gasteiger partial charge in [0.2, 0.25) is 21.8 Å². The SMILES string of the molecule is CCCNC(=O)[C@@H](C)N(Cc1cccc(Cl)c1)C(=O)CN(c1cc(C)ccc1C)S(C)(=O)=O. The molecule has 0 aliphatic rings. The van der Waals surface area contributed by atoms with Crippen molar-refractivity contribution in [3.05, 3.63) is 64.2 Å². The summed E-state index contributed by atoms with van der Waals surface area (Å²) in [6.07, 6.45) is 1.83. The van der Waals surface area contributed by atoms with Crippen LogP contribution >= 0.6 is 11.6 Å². The number of carbonyl (C=O) groups is 2. The van der Waals surface area contributed by atoms with E-state index in [-0.39, 0.29) is 12.5 Å². The molecule has 2 amide bonds. The molecule has 0 unspecified atom stereocenters. The molecule has 1 N–H and O–H groups in total. The average Bonchev–Trinajstić information content (AvgIpc) is 2.74. The van der Waals surface area contributed by atoms with Crippen LogP contribution in [-0.4, -0.2) is 50.5 Å². The summed E-state index contributed by atoms with van der Waals surface area (Å²) in [5.41, 5.74) is 2.79. The molecule has 1 atom stereocenters. The van der Waals surface area contributed by atoms with Crippen molar-refractivity contribution in [1.82, 2.24) is 10.2 Å². The summed E-state index contributed by atoms with van der Waals surface area (Å²) >= 11 is 6.10. The number of carbonyl (C=O) groups excluding carboxylic acids is 2. The lowest BCUT2D eigenvalue weighted by atomic mass is 10.1. The molecule has 0 radical (unpaired) electrons. The van der Waals surface area contributed by atoms with Crippen LogP contribution in [0.2, 0.25) is 5.02 Å². The van der Waals surface area contributed by atoms with E-state index in [1.807, 2.05) is 32.0 Å². The summed E-state index contributed by atoms with van der Waals surface area (Å²) in [4.78, 5) is 27.6. The Morgan fingerprint density at radius 2 is 1.82 bits per heavy atom. The van der Waals surface area contributed by atoms with E-state index >= 15 is 0 Å². The van der Waals surface area contributed by atoms with E-state index in [1.165, 1.54) is 4.90 Å². The number of sulfonamides is 1. The van der Waals surface area contributed by atoms with Gasteiger partial charge >= 0.3 is 0 Å². The van der Waals surface area contributed by atoms with Gasteiger partial charge in [-0.25, -0.2) is 8.42 Å². The zero-order chi connectivity index (χ0) is 24.8. The van der Waals surface area contributed by atoms with Crippen LogP contribution in [0.3, 0.4) is 0 Å². The lowest BCUT2D eigenvalue weighted by Gasteiger charge is -2.32. The van der Waals surface area contributed by atoms with Crippen LogP contribution in [0.1, 0.15) is 37.0 Å². The maximum Gasteiger partial charge on any atom is 0.244 e. The van der Waals surface area contributed by atoms with Crippen LogP contribution in [0.4, 0.5) is 5.69 Å². The lowest BCUT2D eigenvalue weighted by Crippen LogP contribution is -2.51. The number of nitrogens with zero attached hydrogens (tertiary/aromatic N) is 2. The Labute approximate surface area is 201 Å². The smallest absolute Gasteiger partial charge is 0.244 e. The van der Waals surface area contributed by atoms with E-state index in [0.29, 0.717) is 17.3 Å². The van der Waals surface area contributed by atoms with Gasteiger partial charge in [0.15, 0.2) is 0 Å². The Hall–Kier alpha value is -2.58. The number of hydrogen-bond acceptors (Lipinski definition) is 4. The van der Waals surface area contributed by atoms with Crippen molar-refractivity contribution in [3.8, 4) is 0 Å². The number of benzene rings is 2. The van der Waals surface area contributed by atoms with Gasteiger partial charge in [0.05, 0.1) is 11.9 Å². The fourth-order valence-corrected chi connectivity index (χ4v) is 4.51. The van der Waals surface area contributed by atoms with Gasteiger partial charge < -0.3 is 10.2 Å². The number of rotatable bonds is 10. The molecule has 0 spiro atoms.